The average Bonchev–Trinajstić information content (AvgIpc) is 2.27. The van der Waals surface area contributed by atoms with Gasteiger partial charge < -0.3 is 24.7 Å². The smallest absolute Gasteiger partial charge is 0.394 e. The van der Waals surface area contributed by atoms with E-state index in [9.17, 15) is 4.57 Å². The molecule has 1 aliphatic heterocycles. The third kappa shape index (κ3) is 3.32. The summed E-state index contributed by atoms with van der Waals surface area (Å²) in [6.45, 7) is -0.457. The predicted molar refractivity (Wildman–Crippen MR) is 39.5 cm³/mol. The van der Waals surface area contributed by atoms with Crippen LogP contribution in [0.15, 0.2) is 0 Å². The van der Waals surface area contributed by atoms with E-state index in [1.54, 1.807) is 0 Å². The van der Waals surface area contributed by atoms with E-state index >= 15 is 0 Å². The highest BCUT2D eigenvalue weighted by Crippen LogP contribution is 2.41. The minimum absolute atomic E-state index is 0.0592. The first-order chi connectivity index (χ1) is 5.92. The van der Waals surface area contributed by atoms with Crippen LogP contribution in [0.4, 0.5) is 0 Å². The van der Waals surface area contributed by atoms with Crippen molar-refractivity contribution in [2.75, 3.05) is 6.61 Å². The molecule has 1 heterocycles. The maximum absolute atomic E-state index is 10.4. The Labute approximate surface area is 74.1 Å². The summed E-state index contributed by atoms with van der Waals surface area (Å²) in [4.78, 5) is 16.9. The van der Waals surface area contributed by atoms with Crippen molar-refractivity contribution in [1.29, 1.82) is 0 Å². The van der Waals surface area contributed by atoms with Crippen LogP contribution in [0, 0.1) is 0 Å². The quantitative estimate of drug-likeness (QED) is 0.425. The average molecular weight is 214 g/mol. The minimum atomic E-state index is -4.59. The van der Waals surface area contributed by atoms with Crippen molar-refractivity contribution in [3.63, 3.8) is 0 Å². The van der Waals surface area contributed by atoms with Gasteiger partial charge in [-0.3, -0.25) is 4.52 Å². The van der Waals surface area contributed by atoms with Gasteiger partial charge in [0.15, 0.2) is 6.29 Å². The van der Waals surface area contributed by atoms with Gasteiger partial charge in [0.05, 0.1) is 6.61 Å². The molecule has 7 nitrogen and oxygen atoms in total. The van der Waals surface area contributed by atoms with E-state index in [2.05, 4.69) is 4.52 Å². The van der Waals surface area contributed by atoms with Gasteiger partial charge in [0.1, 0.15) is 12.2 Å². The molecule has 1 fully saturated rings. The van der Waals surface area contributed by atoms with Gasteiger partial charge in [-0.05, 0) is 0 Å². The standard InChI is InChI=1S/C5H11O7P/c6-2-4-3(1-5(7)11-4)12-13(8,9)10/h3-7H,1-2H2,(H2,8,9,10)/t3-,4+,5?/m0/s1. The second-order valence-corrected chi connectivity index (χ2v) is 3.87. The van der Waals surface area contributed by atoms with Gasteiger partial charge in [-0.1, -0.05) is 0 Å². The van der Waals surface area contributed by atoms with E-state index in [0.717, 1.165) is 0 Å². The molecule has 0 aromatic carbocycles. The molecule has 0 saturated carbocycles. The minimum Gasteiger partial charge on any atom is -0.394 e. The summed E-state index contributed by atoms with van der Waals surface area (Å²) in [6, 6.07) is 0. The Balaban J connectivity index is 2.54. The van der Waals surface area contributed by atoms with Crippen LogP contribution in [0.25, 0.3) is 0 Å². The van der Waals surface area contributed by atoms with Crippen molar-refractivity contribution in [3.8, 4) is 0 Å². The summed E-state index contributed by atoms with van der Waals surface area (Å²) >= 11 is 0. The molecule has 4 N–H and O–H groups in total. The van der Waals surface area contributed by atoms with Crippen LogP contribution >= 0.6 is 7.82 Å². The fourth-order valence-corrected chi connectivity index (χ4v) is 1.72. The number of hydrogen-bond donors (Lipinski definition) is 4. The maximum Gasteiger partial charge on any atom is 0.469 e. The van der Waals surface area contributed by atoms with E-state index in [0.29, 0.717) is 0 Å². The summed E-state index contributed by atoms with van der Waals surface area (Å²) in [6.07, 6.45) is -3.06. The zero-order valence-corrected chi connectivity index (χ0v) is 7.50. The van der Waals surface area contributed by atoms with E-state index in [-0.39, 0.29) is 6.42 Å². The van der Waals surface area contributed by atoms with E-state index in [1.807, 2.05) is 0 Å². The topological polar surface area (TPSA) is 116 Å². The molecule has 0 spiro atoms. The maximum atomic E-state index is 10.4. The fraction of sp³-hybridized carbons (Fsp3) is 1.00. The normalized spacial score (nSPS) is 35.2. The lowest BCUT2D eigenvalue weighted by atomic mass is 10.2. The van der Waals surface area contributed by atoms with Crippen LogP contribution in [0.2, 0.25) is 0 Å². The van der Waals surface area contributed by atoms with Crippen molar-refractivity contribution in [1.82, 2.24) is 0 Å². The predicted octanol–water partition coefficient (Wildman–Crippen LogP) is -1.44. The first kappa shape index (κ1) is 11.1. The molecule has 78 valence electrons. The van der Waals surface area contributed by atoms with Crippen LogP contribution in [0.3, 0.4) is 0 Å². The first-order valence-electron chi connectivity index (χ1n) is 3.60. The van der Waals surface area contributed by atoms with E-state index in [4.69, 9.17) is 24.7 Å². The summed E-state index contributed by atoms with van der Waals surface area (Å²) < 4.78 is 19.4. The molecule has 1 saturated heterocycles. The lowest BCUT2D eigenvalue weighted by molar-refractivity contribution is -0.107. The number of rotatable bonds is 3. The van der Waals surface area contributed by atoms with Crippen molar-refractivity contribution in [2.45, 2.75) is 24.9 Å². The molecular weight excluding hydrogens is 203 g/mol. The van der Waals surface area contributed by atoms with Gasteiger partial charge in [-0.25, -0.2) is 4.57 Å². The van der Waals surface area contributed by atoms with Crippen molar-refractivity contribution in [2.24, 2.45) is 0 Å². The number of aliphatic hydroxyl groups is 2. The highest BCUT2D eigenvalue weighted by molar-refractivity contribution is 7.46. The Hall–Kier alpha value is -0.0100. The first-order valence-corrected chi connectivity index (χ1v) is 5.14. The molecule has 1 unspecified atom stereocenters. The summed E-state index contributed by atoms with van der Waals surface area (Å²) in [5.74, 6) is 0. The lowest BCUT2D eigenvalue weighted by Crippen LogP contribution is -2.26. The Morgan fingerprint density at radius 3 is 2.62 bits per heavy atom. The largest absolute Gasteiger partial charge is 0.469 e. The van der Waals surface area contributed by atoms with Crippen LogP contribution in [-0.4, -0.2) is 45.1 Å². The zero-order chi connectivity index (χ0) is 10.1. The molecule has 0 aromatic rings. The molecule has 0 amide bonds. The van der Waals surface area contributed by atoms with Gasteiger partial charge in [-0.2, -0.15) is 0 Å². The van der Waals surface area contributed by atoms with Gasteiger partial charge in [0.2, 0.25) is 0 Å². The SMILES string of the molecule is O=P(O)(O)O[C@H]1CC(O)O[C@@H]1CO. The molecule has 3 atom stereocenters. The molecule has 8 heteroatoms. The molecule has 0 bridgehead atoms. The lowest BCUT2D eigenvalue weighted by Gasteiger charge is -2.16. The summed E-state index contributed by atoms with van der Waals surface area (Å²) in [7, 11) is -4.59. The third-order valence-corrected chi connectivity index (χ3v) is 2.18. The molecule has 13 heavy (non-hydrogen) atoms. The highest BCUT2D eigenvalue weighted by atomic mass is 31.2. The molecular formula is C5H11O7P. The van der Waals surface area contributed by atoms with E-state index in [1.165, 1.54) is 0 Å². The van der Waals surface area contributed by atoms with Gasteiger partial charge >= 0.3 is 7.82 Å². The van der Waals surface area contributed by atoms with E-state index < -0.39 is 32.9 Å². The van der Waals surface area contributed by atoms with Crippen LogP contribution < -0.4 is 0 Å². The summed E-state index contributed by atoms with van der Waals surface area (Å²) in [5.41, 5.74) is 0. The van der Waals surface area contributed by atoms with Gasteiger partial charge in [-0.15, -0.1) is 0 Å². The molecule has 1 rings (SSSR count). The molecule has 1 aliphatic rings. The number of phosphoric ester groups is 1. The Morgan fingerprint density at radius 1 is 1.54 bits per heavy atom. The number of ether oxygens (including phenoxy) is 1. The molecule has 0 radical (unpaired) electrons. The van der Waals surface area contributed by atoms with Crippen LogP contribution in [0.1, 0.15) is 6.42 Å². The molecule has 0 aromatic heterocycles. The summed E-state index contributed by atoms with van der Waals surface area (Å²) in [5, 5.41) is 17.6. The number of phosphoric acid groups is 1. The van der Waals surface area contributed by atoms with Crippen LogP contribution in [0.5, 0.6) is 0 Å². The fourth-order valence-electron chi connectivity index (χ4n) is 1.14. The number of hydrogen-bond acceptors (Lipinski definition) is 5. The molecule has 0 aliphatic carbocycles. The highest BCUT2D eigenvalue weighted by Gasteiger charge is 2.38. The van der Waals surface area contributed by atoms with Gasteiger partial charge in [0.25, 0.3) is 0 Å². The Bertz CT molecular complexity index is 213. The Morgan fingerprint density at radius 2 is 2.15 bits per heavy atom. The zero-order valence-electron chi connectivity index (χ0n) is 6.61. The monoisotopic (exact) mass is 214 g/mol. The second kappa shape index (κ2) is 4.02. The third-order valence-electron chi connectivity index (χ3n) is 1.63. The van der Waals surface area contributed by atoms with Crippen molar-refractivity contribution in [3.05, 3.63) is 0 Å². The van der Waals surface area contributed by atoms with Crippen molar-refractivity contribution >= 4 is 7.82 Å². The van der Waals surface area contributed by atoms with Crippen molar-refractivity contribution < 1.29 is 33.8 Å². The second-order valence-electron chi connectivity index (χ2n) is 2.68. The Kier molecular flexibility index (Phi) is 3.42. The van der Waals surface area contributed by atoms with Gasteiger partial charge in [0, 0.05) is 6.42 Å². The number of aliphatic hydroxyl groups excluding tert-OH is 2. The van der Waals surface area contributed by atoms with Crippen LogP contribution in [-0.2, 0) is 13.8 Å².